The van der Waals surface area contributed by atoms with Crippen molar-refractivity contribution in [3.05, 3.63) is 136 Å². The van der Waals surface area contributed by atoms with Crippen molar-refractivity contribution in [2.45, 2.75) is 62.3 Å². The molecule has 0 atom stereocenters. The third-order valence-corrected chi connectivity index (χ3v) is 49.7. The fourth-order valence-corrected chi connectivity index (χ4v) is 47.5. The van der Waals surface area contributed by atoms with Crippen molar-refractivity contribution in [3.63, 3.8) is 0 Å². The van der Waals surface area contributed by atoms with Gasteiger partial charge in [-0.05, 0) is 135 Å². The van der Waals surface area contributed by atoms with Crippen molar-refractivity contribution in [3.8, 4) is 45.6 Å². The molecule has 472 valence electrons. The van der Waals surface area contributed by atoms with Gasteiger partial charge in [0.15, 0.2) is 0 Å². The zero-order valence-electron chi connectivity index (χ0n) is 46.1. The molecular weight excluding hydrogens is 1740 g/mol. The minimum atomic E-state index is -0.468. The van der Waals surface area contributed by atoms with Crippen molar-refractivity contribution >= 4 is 328 Å². The zero-order valence-corrected chi connectivity index (χ0v) is 70.3. The van der Waals surface area contributed by atoms with Crippen molar-refractivity contribution in [2.24, 2.45) is 0 Å². The van der Waals surface area contributed by atoms with Crippen molar-refractivity contribution < 1.29 is 47.0 Å². The van der Waals surface area contributed by atoms with E-state index in [9.17, 15) is 19.2 Å². The quantitative estimate of drug-likeness (QED) is 0.0588. The van der Waals surface area contributed by atoms with Gasteiger partial charge in [0.2, 0.25) is 0 Å². The summed E-state index contributed by atoms with van der Waals surface area (Å²) in [6, 6.07) is 21.5. The Morgan fingerprint density at radius 1 is 0.425 bits per heavy atom. The topological polar surface area (TPSA) is 131 Å². The molecule has 0 fully saturated rings. The van der Waals surface area contributed by atoms with E-state index in [1.54, 1.807) is 157 Å². The summed E-state index contributed by atoms with van der Waals surface area (Å²) in [4.78, 5) is 45.2. The standard InChI is InChI=1S/C24H22O5.C19H15IO5.C6H10.S10.S9.S8/c1-14(2)6-7-18-9-19-12-24(29-23(19)8-15(18)3)20-10-21(27-16(4)25)13-22(11-20)28-17(5)26;1-10-4-18-14(7-17(10)20)8-19(25-18)13-5-15(23-11(2)21)9-16(6-13)24-12(3)22;1-4-5-6(2)3;1-3-5-7-9-10-8-6-4-2;1-3-5-7-9-8-6-4-2;1-3-5-7-8-6-4-2/h6-13H,1H2,2-5H3;4-9H,1-3H3;4-5H,2H2,1,3H3;;;/b7-6+;;5-4+;;;. The van der Waals surface area contributed by atoms with E-state index in [0.717, 1.165) is 53.3 Å². The Balaban J connectivity index is 0.000000583. The maximum Gasteiger partial charge on any atom is 0.308 e. The van der Waals surface area contributed by atoms with Crippen LogP contribution in [-0.2, 0) is 273 Å². The van der Waals surface area contributed by atoms with Crippen molar-refractivity contribution in [1.29, 1.82) is 0 Å². The molecule has 38 heteroatoms. The average molecular weight is 1790 g/mol. The van der Waals surface area contributed by atoms with Crippen LogP contribution in [0.25, 0.3) is 50.7 Å². The van der Waals surface area contributed by atoms with Gasteiger partial charge >= 0.3 is 23.9 Å². The molecule has 6 aromatic rings. The van der Waals surface area contributed by atoms with Crippen LogP contribution in [0.15, 0.2) is 124 Å². The molecule has 0 radical (unpaired) electrons. The SMILES string of the molecule is C=C(C)/C=C/C.C=C(C)/C=C/c1cc2cc(-c3cc(OC(C)=O)cc(OC(C)=O)c3)oc2cc1C.CC(=O)Oc1cc(OC(C)=O)cc(-c2cc3cc(I)c(C)cc3o2)c1.S=S=S=S=S=S=S=S.S=S=S=S=S=S=S=S=S.S=S=S=S=S=S=S=S=S=S. The second-order valence-electron chi connectivity index (χ2n) is 15.3. The summed E-state index contributed by atoms with van der Waals surface area (Å²) in [7, 11) is 32.7. The van der Waals surface area contributed by atoms with Crippen LogP contribution >= 0.6 is 22.6 Å². The minimum Gasteiger partial charge on any atom is -0.456 e. The van der Waals surface area contributed by atoms with Crippen LogP contribution in [0.1, 0.15) is 65.2 Å². The predicted octanol–water partition coefficient (Wildman–Crippen LogP) is 12.8. The number of halogens is 1. The monoisotopic (exact) mass is 1790 g/mol. The van der Waals surface area contributed by atoms with Crippen LogP contribution in [0.5, 0.6) is 23.0 Å². The van der Waals surface area contributed by atoms with Gasteiger partial charge in [-0.2, -0.15) is 0 Å². The van der Waals surface area contributed by atoms with Gasteiger partial charge in [-0.25, -0.2) is 0 Å². The number of furan rings is 2. The molecule has 2 heterocycles. The summed E-state index contributed by atoms with van der Waals surface area (Å²) in [5.41, 5.74) is 8.13. The Morgan fingerprint density at radius 3 is 1.00 bits per heavy atom. The first-order chi connectivity index (χ1) is 41.5. The molecule has 0 aliphatic heterocycles. The summed E-state index contributed by atoms with van der Waals surface area (Å²) in [6.45, 7) is 22.7. The highest BCUT2D eigenvalue weighted by Gasteiger charge is 2.15. The largest absolute Gasteiger partial charge is 0.456 e. The van der Waals surface area contributed by atoms with E-state index in [2.05, 4.69) is 103 Å². The van der Waals surface area contributed by atoms with Gasteiger partial charge < -0.3 is 27.8 Å². The van der Waals surface area contributed by atoms with E-state index in [1.807, 2.05) is 95.3 Å². The zero-order chi connectivity index (χ0) is 65.1. The molecule has 0 aliphatic rings. The van der Waals surface area contributed by atoms with Crippen LogP contribution in [0.2, 0.25) is 0 Å². The molecule has 0 aliphatic carbocycles. The van der Waals surface area contributed by atoms with E-state index < -0.39 is 23.9 Å². The molecule has 0 amide bonds. The number of carbonyl (C=O) groups excluding carboxylic acids is 4. The number of benzene rings is 4. The second kappa shape index (κ2) is 51.8. The Bertz CT molecular complexity index is 4380. The maximum atomic E-state index is 11.4. The van der Waals surface area contributed by atoms with Crippen LogP contribution in [0, 0.1) is 17.4 Å². The smallest absolute Gasteiger partial charge is 0.308 e. The van der Waals surface area contributed by atoms with Gasteiger partial charge in [-0.3, -0.25) is 19.2 Å². The van der Waals surface area contributed by atoms with Crippen LogP contribution in [0.4, 0.5) is 0 Å². The summed E-state index contributed by atoms with van der Waals surface area (Å²) in [6.07, 6.45) is 7.93. The molecule has 0 spiro atoms. The molecule has 10 nitrogen and oxygen atoms in total. The normalized spacial score (nSPS) is 9.49. The number of ether oxygens (including phenoxy) is 4. The van der Waals surface area contributed by atoms with Crippen LogP contribution < -0.4 is 18.9 Å². The van der Waals surface area contributed by atoms with Gasteiger partial charge in [-0.15, -0.1) is 0 Å². The third kappa shape index (κ3) is 40.4. The summed E-state index contributed by atoms with van der Waals surface area (Å²) in [5.74, 6) is 0.430. The first-order valence-electron chi connectivity index (χ1n) is 22.7. The average Bonchev–Trinajstić information content (AvgIpc) is 1.91. The summed E-state index contributed by atoms with van der Waals surface area (Å²) < 4.78 is 33.7. The van der Waals surface area contributed by atoms with Gasteiger partial charge in [0.1, 0.15) is 45.7 Å². The Kier molecular flexibility index (Phi) is 50.3. The first-order valence-corrected chi connectivity index (χ1v) is 55.8. The highest BCUT2D eigenvalue weighted by atomic mass is 127. The van der Waals surface area contributed by atoms with Gasteiger partial charge in [0, 0.05) is 319 Å². The summed E-state index contributed by atoms with van der Waals surface area (Å²) in [5, 5.41) is 1.90. The van der Waals surface area contributed by atoms with E-state index in [0.29, 0.717) is 22.6 Å². The third-order valence-electron chi connectivity index (χ3n) is 8.58. The molecule has 0 bridgehead atoms. The lowest BCUT2D eigenvalue weighted by molar-refractivity contribution is -0.133. The van der Waals surface area contributed by atoms with E-state index in [4.69, 9.17) is 27.8 Å². The molecule has 0 N–H and O–H groups in total. The Morgan fingerprint density at radius 2 is 0.724 bits per heavy atom. The van der Waals surface area contributed by atoms with Gasteiger partial charge in [0.25, 0.3) is 0 Å². The minimum absolute atomic E-state index is 0.271. The van der Waals surface area contributed by atoms with E-state index in [-0.39, 0.29) is 23.0 Å². The van der Waals surface area contributed by atoms with E-state index in [1.165, 1.54) is 93.1 Å². The molecule has 0 saturated heterocycles. The number of hydrogen-bond donors (Lipinski definition) is 0. The van der Waals surface area contributed by atoms with Gasteiger partial charge in [0.05, 0.1) is 0 Å². The first kappa shape index (κ1) is 84.5. The number of rotatable bonds is 9. The van der Waals surface area contributed by atoms with Crippen LogP contribution in [0.3, 0.4) is 0 Å². The van der Waals surface area contributed by atoms with Crippen molar-refractivity contribution in [1.82, 2.24) is 0 Å². The maximum absolute atomic E-state index is 11.4. The second-order valence-corrected chi connectivity index (χ2v) is 53.6. The fourth-order valence-electron chi connectivity index (χ4n) is 5.85. The number of allylic oxidation sites excluding steroid dienone is 5. The highest BCUT2D eigenvalue weighted by molar-refractivity contribution is 14.1. The molecule has 4 aromatic carbocycles. The lowest BCUT2D eigenvalue weighted by Gasteiger charge is -2.08. The lowest BCUT2D eigenvalue weighted by atomic mass is 10.0. The van der Waals surface area contributed by atoms with E-state index >= 15 is 0 Å². The lowest BCUT2D eigenvalue weighted by Crippen LogP contribution is -2.04. The van der Waals surface area contributed by atoms with Gasteiger partial charge in [-0.1, -0.05) is 48.6 Å². The number of esters is 4. The highest BCUT2D eigenvalue weighted by Crippen LogP contribution is 2.36. The summed E-state index contributed by atoms with van der Waals surface area (Å²) >= 11 is 30.1. The molecule has 0 saturated carbocycles. The molecule has 2 aromatic heterocycles. The number of fused-ring (bicyclic) bond motifs is 2. The van der Waals surface area contributed by atoms with Crippen LogP contribution in [-0.4, -0.2) is 23.9 Å². The molecule has 6 rings (SSSR count). The molecule has 0 unspecified atom stereocenters. The molecule has 87 heavy (non-hydrogen) atoms. The Labute approximate surface area is 608 Å². The predicted molar refractivity (Wildman–Crippen MR) is 443 cm³/mol. The number of carbonyl (C=O) groups is 4. The van der Waals surface area contributed by atoms with Crippen molar-refractivity contribution in [2.75, 3.05) is 0 Å². The fraction of sp³-hybridized carbons (Fsp3) is 0.184. The molecular formula is C49H47IO10S27. The number of aryl methyl sites for hydroxylation is 2. The Hall–Kier alpha value is -0.530. The number of hydrogen-bond acceptors (Lipinski definition) is 16.